The fourth-order valence-corrected chi connectivity index (χ4v) is 3.61. The van der Waals surface area contributed by atoms with Gasteiger partial charge in [-0.1, -0.05) is 0 Å². The molecule has 0 N–H and O–H groups in total. The summed E-state index contributed by atoms with van der Waals surface area (Å²) in [7, 11) is 1.31. The van der Waals surface area contributed by atoms with Crippen LogP contribution in [0.25, 0.3) is 0 Å². The number of hydrogen-bond acceptors (Lipinski definition) is 5. The zero-order valence-electron chi connectivity index (χ0n) is 13.0. The maximum atomic E-state index is 12.9. The lowest BCUT2D eigenvalue weighted by Gasteiger charge is -2.33. The molecule has 0 bridgehead atoms. The Morgan fingerprint density at radius 3 is 2.75 bits per heavy atom. The van der Waals surface area contributed by atoms with Crippen molar-refractivity contribution in [3.8, 4) is 5.75 Å². The molecule has 24 heavy (non-hydrogen) atoms. The minimum Gasteiger partial charge on any atom is -0.484 e. The first-order chi connectivity index (χ1) is 11.6. The summed E-state index contributed by atoms with van der Waals surface area (Å²) >= 11 is 1.57. The summed E-state index contributed by atoms with van der Waals surface area (Å²) in [6.07, 6.45) is 0.697. The van der Waals surface area contributed by atoms with Gasteiger partial charge < -0.3 is 14.4 Å². The maximum absolute atomic E-state index is 12.9. The molecule has 1 aliphatic heterocycles. The molecule has 126 valence electrons. The lowest BCUT2D eigenvalue weighted by Crippen LogP contribution is -2.45. The van der Waals surface area contributed by atoms with Gasteiger partial charge in [0.25, 0.3) is 5.91 Å². The van der Waals surface area contributed by atoms with Gasteiger partial charge in [0.1, 0.15) is 11.6 Å². The molecule has 2 heterocycles. The molecule has 3 rings (SSSR count). The Bertz CT molecular complexity index is 743. The standard InChI is InChI=1S/C17H16FNO4S/c1-22-17(21)16-13-7-9-24-14(13)6-8-19(16)15(20)10-23-12-4-2-11(18)3-5-12/h2-5,7,9,16H,6,8,10H2,1H3. The summed E-state index contributed by atoms with van der Waals surface area (Å²) in [6.45, 7) is 0.206. The van der Waals surface area contributed by atoms with Gasteiger partial charge in [0.2, 0.25) is 0 Å². The van der Waals surface area contributed by atoms with Gasteiger partial charge in [0.15, 0.2) is 12.6 Å². The molecule has 1 amide bonds. The molecule has 0 fully saturated rings. The highest BCUT2D eigenvalue weighted by molar-refractivity contribution is 7.10. The van der Waals surface area contributed by atoms with Crippen molar-refractivity contribution >= 4 is 23.2 Å². The van der Waals surface area contributed by atoms with Crippen LogP contribution in [0.5, 0.6) is 5.75 Å². The van der Waals surface area contributed by atoms with Gasteiger partial charge >= 0.3 is 5.97 Å². The maximum Gasteiger partial charge on any atom is 0.333 e. The first kappa shape index (κ1) is 16.4. The number of benzene rings is 1. The summed E-state index contributed by atoms with van der Waals surface area (Å²) in [5, 5.41) is 1.91. The van der Waals surface area contributed by atoms with Crippen LogP contribution in [0, 0.1) is 5.82 Å². The number of methoxy groups -OCH3 is 1. The Labute approximate surface area is 142 Å². The van der Waals surface area contributed by atoms with Crippen LogP contribution in [0.2, 0.25) is 0 Å². The van der Waals surface area contributed by atoms with E-state index in [0.29, 0.717) is 18.7 Å². The first-order valence-corrected chi connectivity index (χ1v) is 8.30. The number of carbonyl (C=O) groups excluding carboxylic acids is 2. The van der Waals surface area contributed by atoms with Crippen LogP contribution in [0.3, 0.4) is 0 Å². The Hall–Kier alpha value is -2.41. The van der Waals surface area contributed by atoms with Crippen LogP contribution < -0.4 is 4.74 Å². The molecular formula is C17H16FNO4S. The van der Waals surface area contributed by atoms with Gasteiger partial charge in [0, 0.05) is 11.4 Å². The van der Waals surface area contributed by atoms with E-state index in [1.54, 1.807) is 11.3 Å². The highest BCUT2D eigenvalue weighted by atomic mass is 32.1. The number of thiophene rings is 1. The van der Waals surface area contributed by atoms with E-state index in [-0.39, 0.29) is 18.3 Å². The number of nitrogens with zero attached hydrogens (tertiary/aromatic N) is 1. The summed E-state index contributed by atoms with van der Waals surface area (Å²) in [4.78, 5) is 27.3. The van der Waals surface area contributed by atoms with Crippen molar-refractivity contribution in [2.75, 3.05) is 20.3 Å². The van der Waals surface area contributed by atoms with Gasteiger partial charge in [-0.25, -0.2) is 9.18 Å². The molecule has 0 radical (unpaired) electrons. The number of ether oxygens (including phenoxy) is 2. The fourth-order valence-electron chi connectivity index (χ4n) is 2.71. The quantitative estimate of drug-likeness (QED) is 0.796. The van der Waals surface area contributed by atoms with E-state index < -0.39 is 12.0 Å². The molecule has 1 aliphatic rings. The minimum atomic E-state index is -0.741. The second-order valence-electron chi connectivity index (χ2n) is 5.30. The van der Waals surface area contributed by atoms with Gasteiger partial charge in [-0.15, -0.1) is 11.3 Å². The Balaban J connectivity index is 1.73. The van der Waals surface area contributed by atoms with Crippen LogP contribution in [-0.4, -0.2) is 37.0 Å². The van der Waals surface area contributed by atoms with E-state index in [9.17, 15) is 14.0 Å². The van der Waals surface area contributed by atoms with E-state index in [4.69, 9.17) is 9.47 Å². The highest BCUT2D eigenvalue weighted by Gasteiger charge is 2.37. The summed E-state index contributed by atoms with van der Waals surface area (Å²) in [6, 6.07) is 6.53. The van der Waals surface area contributed by atoms with E-state index in [1.807, 2.05) is 11.4 Å². The van der Waals surface area contributed by atoms with Crippen molar-refractivity contribution in [3.05, 3.63) is 52.0 Å². The van der Waals surface area contributed by atoms with Gasteiger partial charge in [-0.3, -0.25) is 4.79 Å². The molecule has 2 aromatic rings. The molecule has 1 aromatic carbocycles. The largest absolute Gasteiger partial charge is 0.484 e. The zero-order chi connectivity index (χ0) is 17.1. The Morgan fingerprint density at radius 2 is 2.04 bits per heavy atom. The third-order valence-electron chi connectivity index (χ3n) is 3.89. The second-order valence-corrected chi connectivity index (χ2v) is 6.31. The number of rotatable bonds is 4. The zero-order valence-corrected chi connectivity index (χ0v) is 13.8. The van der Waals surface area contributed by atoms with Crippen LogP contribution >= 0.6 is 11.3 Å². The SMILES string of the molecule is COC(=O)C1c2ccsc2CCN1C(=O)COc1ccc(F)cc1. The highest BCUT2D eigenvalue weighted by Crippen LogP contribution is 2.34. The van der Waals surface area contributed by atoms with Crippen molar-refractivity contribution in [3.63, 3.8) is 0 Å². The smallest absolute Gasteiger partial charge is 0.333 e. The van der Waals surface area contributed by atoms with Crippen LogP contribution in [0.15, 0.2) is 35.7 Å². The van der Waals surface area contributed by atoms with E-state index in [1.165, 1.54) is 36.3 Å². The van der Waals surface area contributed by atoms with Gasteiger partial charge in [-0.05, 0) is 47.7 Å². The van der Waals surface area contributed by atoms with E-state index >= 15 is 0 Å². The average Bonchev–Trinajstić information content (AvgIpc) is 3.08. The lowest BCUT2D eigenvalue weighted by atomic mass is 10.00. The minimum absolute atomic E-state index is 0.224. The molecule has 0 spiro atoms. The number of amides is 1. The monoisotopic (exact) mass is 349 g/mol. The third-order valence-corrected chi connectivity index (χ3v) is 4.88. The number of fused-ring (bicyclic) bond motifs is 1. The number of halogens is 1. The second kappa shape index (κ2) is 7.00. The van der Waals surface area contributed by atoms with Crippen molar-refractivity contribution in [2.24, 2.45) is 0 Å². The summed E-state index contributed by atoms with van der Waals surface area (Å²) < 4.78 is 23.1. The van der Waals surface area contributed by atoms with E-state index in [0.717, 1.165) is 10.4 Å². The Kier molecular flexibility index (Phi) is 4.80. The van der Waals surface area contributed by atoms with Crippen molar-refractivity contribution in [1.82, 2.24) is 4.90 Å². The van der Waals surface area contributed by atoms with Gasteiger partial charge in [0.05, 0.1) is 7.11 Å². The van der Waals surface area contributed by atoms with Crippen LogP contribution in [0.4, 0.5) is 4.39 Å². The summed E-state index contributed by atoms with van der Waals surface area (Å²) in [5.74, 6) is -0.760. The van der Waals surface area contributed by atoms with Crippen molar-refractivity contribution in [1.29, 1.82) is 0 Å². The lowest BCUT2D eigenvalue weighted by molar-refractivity contribution is -0.154. The molecule has 0 saturated heterocycles. The number of esters is 1. The summed E-state index contributed by atoms with van der Waals surface area (Å²) in [5.41, 5.74) is 0.813. The first-order valence-electron chi connectivity index (χ1n) is 7.42. The molecule has 7 heteroatoms. The van der Waals surface area contributed by atoms with E-state index in [2.05, 4.69) is 0 Å². The average molecular weight is 349 g/mol. The Morgan fingerprint density at radius 1 is 1.29 bits per heavy atom. The normalized spacial score (nSPS) is 16.4. The van der Waals surface area contributed by atoms with Gasteiger partial charge in [-0.2, -0.15) is 0 Å². The predicted octanol–water partition coefficient (Wildman–Crippen LogP) is 2.57. The topological polar surface area (TPSA) is 55.8 Å². The molecular weight excluding hydrogens is 333 g/mol. The molecule has 1 unspecified atom stereocenters. The van der Waals surface area contributed by atoms with Crippen LogP contribution in [-0.2, 0) is 20.7 Å². The molecule has 1 aromatic heterocycles. The molecule has 1 atom stereocenters. The number of carbonyl (C=O) groups is 2. The third kappa shape index (κ3) is 3.26. The van der Waals surface area contributed by atoms with Crippen LogP contribution in [0.1, 0.15) is 16.5 Å². The van der Waals surface area contributed by atoms with Crippen molar-refractivity contribution < 1.29 is 23.5 Å². The number of hydrogen-bond donors (Lipinski definition) is 0. The molecule has 5 nitrogen and oxygen atoms in total. The molecule has 0 saturated carbocycles. The van der Waals surface area contributed by atoms with Crippen molar-refractivity contribution in [2.45, 2.75) is 12.5 Å². The molecule has 0 aliphatic carbocycles. The predicted molar refractivity (Wildman–Crippen MR) is 86.4 cm³/mol. The fraction of sp³-hybridized carbons (Fsp3) is 0.294.